The van der Waals surface area contributed by atoms with Crippen molar-refractivity contribution in [1.82, 2.24) is 0 Å². The Morgan fingerprint density at radius 2 is 1.92 bits per heavy atom. The first-order valence-electron chi connectivity index (χ1n) is 7.31. The van der Waals surface area contributed by atoms with Crippen molar-refractivity contribution >= 4 is 40.0 Å². The van der Waals surface area contributed by atoms with Gasteiger partial charge in [-0.1, -0.05) is 30.3 Å². The van der Waals surface area contributed by atoms with Crippen molar-refractivity contribution in [1.29, 1.82) is 10.5 Å². The lowest BCUT2D eigenvalue weighted by Gasteiger charge is -2.14. The van der Waals surface area contributed by atoms with Gasteiger partial charge >= 0.3 is 5.97 Å². The zero-order valence-corrected chi connectivity index (χ0v) is 15.9. The summed E-state index contributed by atoms with van der Waals surface area (Å²) >= 11 is 2.00. The van der Waals surface area contributed by atoms with Crippen LogP contribution in [-0.4, -0.2) is 18.8 Å². The molecule has 130 valence electrons. The lowest BCUT2D eigenvalue weighted by atomic mass is 10.2. The molecule has 1 N–H and O–H groups in total. The third-order valence-corrected chi connectivity index (χ3v) is 4.05. The largest absolute Gasteiger partial charge is 0.487 e. The SMILES string of the molecule is COC(=O)c1cc(I)c(NN=C(C#N)C#N)c(OCc2ccccc2)c1. The van der Waals surface area contributed by atoms with E-state index >= 15 is 0 Å². The summed E-state index contributed by atoms with van der Waals surface area (Å²) in [5.74, 6) is -0.155. The Balaban J connectivity index is 2.38. The highest BCUT2D eigenvalue weighted by Crippen LogP contribution is 2.33. The number of nitrogens with zero attached hydrogens (tertiary/aromatic N) is 3. The average molecular weight is 460 g/mol. The number of carbonyl (C=O) groups is 1. The Hall–Kier alpha value is -3.11. The summed E-state index contributed by atoms with van der Waals surface area (Å²) in [6, 6.07) is 15.9. The molecule has 0 aromatic heterocycles. The first-order chi connectivity index (χ1) is 12.6. The second-order valence-electron chi connectivity index (χ2n) is 4.89. The van der Waals surface area contributed by atoms with Crippen molar-refractivity contribution in [2.24, 2.45) is 5.10 Å². The predicted molar refractivity (Wildman–Crippen MR) is 104 cm³/mol. The molecule has 0 spiro atoms. The van der Waals surface area contributed by atoms with Crippen LogP contribution in [-0.2, 0) is 11.3 Å². The fourth-order valence-corrected chi connectivity index (χ4v) is 2.68. The summed E-state index contributed by atoms with van der Waals surface area (Å²) < 4.78 is 11.2. The molecule has 0 aliphatic rings. The number of ether oxygens (including phenoxy) is 2. The standard InChI is InChI=1S/C18H13IN4O3/c1-25-18(24)13-7-15(19)17(23-22-14(9-20)10-21)16(8-13)26-11-12-5-3-2-4-6-12/h2-8,23H,11H2,1H3. The Morgan fingerprint density at radius 3 is 2.54 bits per heavy atom. The molecule has 7 nitrogen and oxygen atoms in total. The molecule has 0 saturated carbocycles. The van der Waals surface area contributed by atoms with Crippen LogP contribution in [0.2, 0.25) is 0 Å². The Labute approximate surface area is 164 Å². The highest BCUT2D eigenvalue weighted by Gasteiger charge is 2.15. The number of rotatable bonds is 6. The van der Waals surface area contributed by atoms with Crippen LogP contribution in [0.25, 0.3) is 0 Å². The molecule has 8 heteroatoms. The number of hydrogen-bond acceptors (Lipinski definition) is 7. The fraction of sp³-hybridized carbons (Fsp3) is 0.111. The number of hydrogen-bond donors (Lipinski definition) is 1. The molecule has 0 unspecified atom stereocenters. The minimum Gasteiger partial charge on any atom is -0.487 e. The van der Waals surface area contributed by atoms with E-state index in [1.165, 1.54) is 13.2 Å². The maximum Gasteiger partial charge on any atom is 0.338 e. The van der Waals surface area contributed by atoms with Gasteiger partial charge in [-0.25, -0.2) is 4.79 Å². The Morgan fingerprint density at radius 1 is 1.23 bits per heavy atom. The molecule has 0 aliphatic heterocycles. The van der Waals surface area contributed by atoms with Gasteiger partial charge < -0.3 is 9.47 Å². The normalized spacial score (nSPS) is 9.38. The quantitative estimate of drug-likeness (QED) is 0.306. The van der Waals surface area contributed by atoms with E-state index in [2.05, 4.69) is 10.5 Å². The molecule has 0 amide bonds. The lowest BCUT2D eigenvalue weighted by Crippen LogP contribution is -2.07. The Bertz CT molecular complexity index is 899. The topological polar surface area (TPSA) is 107 Å². The van der Waals surface area contributed by atoms with Crippen LogP contribution in [0.15, 0.2) is 47.6 Å². The van der Waals surface area contributed by atoms with Crippen molar-refractivity contribution in [3.63, 3.8) is 0 Å². The van der Waals surface area contributed by atoms with Gasteiger partial charge in [-0.15, -0.1) is 0 Å². The molecular formula is C18H13IN4O3. The van der Waals surface area contributed by atoms with E-state index in [0.29, 0.717) is 20.6 Å². The molecule has 2 aromatic carbocycles. The van der Waals surface area contributed by atoms with Crippen molar-refractivity contribution in [2.45, 2.75) is 6.61 Å². The maximum atomic E-state index is 11.8. The highest BCUT2D eigenvalue weighted by molar-refractivity contribution is 14.1. The van der Waals surface area contributed by atoms with Gasteiger partial charge in [-0.05, 0) is 40.3 Å². The summed E-state index contributed by atoms with van der Waals surface area (Å²) in [6.07, 6.45) is 0. The molecule has 0 heterocycles. The second kappa shape index (κ2) is 9.39. The van der Waals surface area contributed by atoms with Crippen molar-refractivity contribution in [3.05, 3.63) is 57.2 Å². The van der Waals surface area contributed by atoms with Crippen LogP contribution in [0.5, 0.6) is 5.75 Å². The number of nitrogens with one attached hydrogen (secondary N) is 1. The van der Waals surface area contributed by atoms with Crippen LogP contribution in [0.4, 0.5) is 5.69 Å². The van der Waals surface area contributed by atoms with E-state index in [4.69, 9.17) is 20.0 Å². The zero-order chi connectivity index (χ0) is 18.9. The smallest absolute Gasteiger partial charge is 0.338 e. The maximum absolute atomic E-state index is 11.8. The zero-order valence-electron chi connectivity index (χ0n) is 13.7. The summed E-state index contributed by atoms with van der Waals surface area (Å²) in [5.41, 5.74) is 4.03. The minimum absolute atomic E-state index is 0.267. The molecule has 0 saturated heterocycles. The summed E-state index contributed by atoms with van der Waals surface area (Å²) in [7, 11) is 1.29. The monoisotopic (exact) mass is 460 g/mol. The molecular weight excluding hydrogens is 447 g/mol. The van der Waals surface area contributed by atoms with E-state index in [1.54, 1.807) is 18.2 Å². The molecule has 26 heavy (non-hydrogen) atoms. The number of benzene rings is 2. The summed E-state index contributed by atoms with van der Waals surface area (Å²) in [5, 5.41) is 21.4. The minimum atomic E-state index is -0.503. The molecule has 0 bridgehead atoms. The van der Waals surface area contributed by atoms with E-state index in [0.717, 1.165) is 5.56 Å². The number of nitriles is 2. The number of halogens is 1. The van der Waals surface area contributed by atoms with Gasteiger partial charge in [0, 0.05) is 3.57 Å². The molecule has 0 aliphatic carbocycles. The number of methoxy groups -OCH3 is 1. The number of carbonyl (C=O) groups excluding carboxylic acids is 1. The van der Waals surface area contributed by atoms with Gasteiger partial charge in [0.15, 0.2) is 0 Å². The highest BCUT2D eigenvalue weighted by atomic mass is 127. The average Bonchev–Trinajstić information content (AvgIpc) is 2.68. The van der Waals surface area contributed by atoms with Crippen molar-refractivity contribution in [2.75, 3.05) is 12.5 Å². The van der Waals surface area contributed by atoms with E-state index in [9.17, 15) is 4.79 Å². The molecule has 0 atom stereocenters. The second-order valence-corrected chi connectivity index (χ2v) is 6.06. The predicted octanol–water partition coefficient (Wildman–Crippen LogP) is 3.47. The third-order valence-electron chi connectivity index (χ3n) is 3.20. The van der Waals surface area contributed by atoms with E-state index < -0.39 is 5.97 Å². The summed E-state index contributed by atoms with van der Waals surface area (Å²) in [6.45, 7) is 0.267. The van der Waals surface area contributed by atoms with E-state index in [1.807, 2.05) is 52.9 Å². The van der Waals surface area contributed by atoms with Gasteiger partial charge in [0.2, 0.25) is 5.71 Å². The molecule has 2 rings (SSSR count). The van der Waals surface area contributed by atoms with Gasteiger partial charge in [-0.3, -0.25) is 5.43 Å². The van der Waals surface area contributed by atoms with Crippen LogP contribution in [0, 0.1) is 26.2 Å². The molecule has 2 aromatic rings. The first-order valence-corrected chi connectivity index (χ1v) is 8.39. The first kappa shape index (κ1) is 19.2. The Kier molecular flexibility index (Phi) is 6.94. The van der Waals surface area contributed by atoms with Crippen LogP contribution in [0.3, 0.4) is 0 Å². The molecule has 0 fully saturated rings. The van der Waals surface area contributed by atoms with Crippen LogP contribution < -0.4 is 10.2 Å². The van der Waals surface area contributed by atoms with Gasteiger partial charge in [0.1, 0.15) is 30.2 Å². The van der Waals surface area contributed by atoms with Crippen molar-refractivity contribution in [3.8, 4) is 17.9 Å². The van der Waals surface area contributed by atoms with Crippen LogP contribution in [0.1, 0.15) is 15.9 Å². The number of esters is 1. The van der Waals surface area contributed by atoms with Gasteiger partial charge in [-0.2, -0.15) is 15.6 Å². The molecule has 0 radical (unpaired) electrons. The van der Waals surface area contributed by atoms with Crippen LogP contribution >= 0.6 is 22.6 Å². The van der Waals surface area contributed by atoms with Gasteiger partial charge in [0.25, 0.3) is 0 Å². The summed E-state index contributed by atoms with van der Waals surface area (Å²) in [4.78, 5) is 11.8. The van der Waals surface area contributed by atoms with Gasteiger partial charge in [0.05, 0.1) is 12.7 Å². The van der Waals surface area contributed by atoms with E-state index in [-0.39, 0.29) is 12.3 Å². The number of hydrazone groups is 1. The number of anilines is 1. The van der Waals surface area contributed by atoms with Crippen molar-refractivity contribution < 1.29 is 14.3 Å². The fourth-order valence-electron chi connectivity index (χ4n) is 1.96. The third kappa shape index (κ3) is 4.94. The lowest BCUT2D eigenvalue weighted by molar-refractivity contribution is 0.0600.